The van der Waals surface area contributed by atoms with Crippen LogP contribution in [0.25, 0.3) is 5.57 Å². The molecule has 2 aliphatic carbocycles. The van der Waals surface area contributed by atoms with Crippen LogP contribution in [0.5, 0.6) is 0 Å². The van der Waals surface area contributed by atoms with Crippen molar-refractivity contribution in [3.8, 4) is 0 Å². The summed E-state index contributed by atoms with van der Waals surface area (Å²) in [6.07, 6.45) is 0. The molecule has 0 aliphatic heterocycles. The van der Waals surface area contributed by atoms with E-state index in [0.29, 0.717) is 5.56 Å². The lowest BCUT2D eigenvalue weighted by molar-refractivity contribution is 0.0977. The first kappa shape index (κ1) is 17.0. The first-order valence-corrected chi connectivity index (χ1v) is 9.00. The van der Waals surface area contributed by atoms with Crippen LogP contribution in [0.3, 0.4) is 0 Å². The number of hydrogen-bond acceptors (Lipinski definition) is 5. The molecule has 138 valence electrons. The number of fused-ring (bicyclic) bond motifs is 3. The number of nitrogens with two attached hydrogens (primary N) is 1. The highest BCUT2D eigenvalue weighted by molar-refractivity contribution is 6.42. The molecule has 5 rings (SSSR count). The van der Waals surface area contributed by atoms with Crippen LogP contribution >= 0.6 is 0 Å². The number of Topliss-reactive ketones (excluding diaryl/α,β-unsaturated/α-hetero) is 2. The molecule has 3 aromatic carbocycles. The topological polar surface area (TPSA) is 94.3 Å². The summed E-state index contributed by atoms with van der Waals surface area (Å²) in [4.78, 5) is 52.2. The molecule has 3 aromatic rings. The van der Waals surface area contributed by atoms with Crippen molar-refractivity contribution >= 4 is 28.7 Å². The van der Waals surface area contributed by atoms with Gasteiger partial charge in [-0.1, -0.05) is 66.7 Å². The number of hydrogen-bond donors (Lipinski definition) is 1. The lowest BCUT2D eigenvalue weighted by Gasteiger charge is -2.24. The second-order valence-corrected chi connectivity index (χ2v) is 6.92. The summed E-state index contributed by atoms with van der Waals surface area (Å²) >= 11 is 0. The average Bonchev–Trinajstić information content (AvgIpc) is 2.76. The zero-order chi connectivity index (χ0) is 20.3. The summed E-state index contributed by atoms with van der Waals surface area (Å²) in [5.74, 6) is -1.58. The van der Waals surface area contributed by atoms with Gasteiger partial charge in [0.1, 0.15) is 0 Å². The van der Waals surface area contributed by atoms with Crippen molar-refractivity contribution in [2.45, 2.75) is 0 Å². The highest BCUT2D eigenvalue weighted by atomic mass is 16.1. The van der Waals surface area contributed by atoms with E-state index in [9.17, 15) is 19.2 Å². The number of carbonyl (C=O) groups excluding carboxylic acids is 4. The minimum absolute atomic E-state index is 0.0360. The Kier molecular flexibility index (Phi) is 3.48. The molecular formula is C24H13NO4. The van der Waals surface area contributed by atoms with E-state index in [2.05, 4.69) is 0 Å². The minimum Gasteiger partial charge on any atom is -0.395 e. The number of allylic oxidation sites excluding steroid dienone is 2. The van der Waals surface area contributed by atoms with Crippen LogP contribution in [0.15, 0.2) is 72.4 Å². The smallest absolute Gasteiger partial charge is 0.210 e. The molecule has 0 spiro atoms. The second kappa shape index (κ2) is 5.94. The molecule has 0 radical (unpaired) electrons. The van der Waals surface area contributed by atoms with Gasteiger partial charge in [0.25, 0.3) is 0 Å². The maximum atomic E-state index is 13.2. The summed E-state index contributed by atoms with van der Waals surface area (Å²) in [5, 5.41) is 0. The molecule has 5 nitrogen and oxygen atoms in total. The molecule has 0 unspecified atom stereocenters. The predicted octanol–water partition coefficient (Wildman–Crippen LogP) is 3.21. The lowest BCUT2D eigenvalue weighted by Crippen LogP contribution is -2.28. The zero-order valence-corrected chi connectivity index (χ0v) is 15.1. The van der Waals surface area contributed by atoms with E-state index in [1.165, 1.54) is 0 Å². The fraction of sp³-hybridized carbons (Fsp3) is 0. The van der Waals surface area contributed by atoms with Crippen LogP contribution in [0.1, 0.15) is 58.1 Å². The molecule has 0 fully saturated rings. The first-order valence-electron chi connectivity index (χ1n) is 9.00. The molecule has 29 heavy (non-hydrogen) atoms. The minimum atomic E-state index is -0.470. The Morgan fingerprint density at radius 2 is 0.897 bits per heavy atom. The number of benzene rings is 3. The second-order valence-electron chi connectivity index (χ2n) is 6.92. The molecule has 5 heteroatoms. The molecule has 0 heterocycles. The normalized spacial score (nSPS) is 15.2. The van der Waals surface area contributed by atoms with Crippen LogP contribution in [0.2, 0.25) is 0 Å². The van der Waals surface area contributed by atoms with E-state index in [-0.39, 0.29) is 56.2 Å². The quantitative estimate of drug-likeness (QED) is 0.548. The van der Waals surface area contributed by atoms with Crippen molar-refractivity contribution in [3.63, 3.8) is 0 Å². The molecule has 2 aliphatic rings. The van der Waals surface area contributed by atoms with Crippen molar-refractivity contribution in [2.75, 3.05) is 0 Å². The van der Waals surface area contributed by atoms with Crippen molar-refractivity contribution < 1.29 is 19.2 Å². The predicted molar refractivity (Wildman–Crippen MR) is 106 cm³/mol. The summed E-state index contributed by atoms with van der Waals surface area (Å²) < 4.78 is 0. The van der Waals surface area contributed by atoms with E-state index in [4.69, 9.17) is 5.73 Å². The lowest BCUT2D eigenvalue weighted by atomic mass is 9.77. The van der Waals surface area contributed by atoms with E-state index in [1.54, 1.807) is 66.7 Å². The maximum absolute atomic E-state index is 13.2. The fourth-order valence-electron chi connectivity index (χ4n) is 4.02. The highest BCUT2D eigenvalue weighted by Gasteiger charge is 2.37. The molecule has 0 atom stereocenters. The number of carbonyl (C=O) groups is 4. The Bertz CT molecular complexity index is 1330. The third kappa shape index (κ3) is 2.21. The van der Waals surface area contributed by atoms with Crippen LogP contribution in [0, 0.1) is 0 Å². The zero-order valence-electron chi connectivity index (χ0n) is 15.1. The van der Waals surface area contributed by atoms with Gasteiger partial charge >= 0.3 is 0 Å². The largest absolute Gasteiger partial charge is 0.395 e. The molecule has 2 N–H and O–H groups in total. The summed E-state index contributed by atoms with van der Waals surface area (Å²) in [6.45, 7) is 0. The Hall–Kier alpha value is -4.12. The van der Waals surface area contributed by atoms with E-state index >= 15 is 0 Å². The van der Waals surface area contributed by atoms with Crippen molar-refractivity contribution in [2.24, 2.45) is 5.73 Å². The SMILES string of the molecule is NC1=C(c2cccc3c2C(=O)c2ccccc2C3=O)C(=O)c2ccccc2C1=O. The van der Waals surface area contributed by atoms with Gasteiger partial charge in [-0.2, -0.15) is 0 Å². The maximum Gasteiger partial charge on any atom is 0.210 e. The van der Waals surface area contributed by atoms with Crippen molar-refractivity contribution in [1.29, 1.82) is 0 Å². The van der Waals surface area contributed by atoms with Gasteiger partial charge in [-0.05, 0) is 5.56 Å². The summed E-state index contributed by atoms with van der Waals surface area (Å²) in [7, 11) is 0. The van der Waals surface area contributed by atoms with Gasteiger partial charge in [0.2, 0.25) is 5.78 Å². The third-order valence-corrected chi connectivity index (χ3v) is 5.38. The van der Waals surface area contributed by atoms with Gasteiger partial charge in [0.05, 0.1) is 11.3 Å². The molecular weight excluding hydrogens is 366 g/mol. The Balaban J connectivity index is 1.79. The molecule has 0 amide bonds. The molecule has 0 saturated carbocycles. The summed E-state index contributed by atoms with van der Waals surface area (Å²) in [5.41, 5.74) is 7.39. The standard InChI is InChI=1S/C24H13NO4/c25-20-19(23(28)14-8-3-4-9-15(14)24(20)29)16-10-5-11-17-18(16)22(27)13-7-2-1-6-12(13)21(17)26/h1-11H,25H2. The van der Waals surface area contributed by atoms with Crippen molar-refractivity contribution in [3.05, 3.63) is 111 Å². The number of ketones is 4. The monoisotopic (exact) mass is 379 g/mol. The van der Waals surface area contributed by atoms with Crippen LogP contribution in [-0.2, 0) is 0 Å². The highest BCUT2D eigenvalue weighted by Crippen LogP contribution is 2.36. The van der Waals surface area contributed by atoms with Crippen LogP contribution in [0.4, 0.5) is 0 Å². The van der Waals surface area contributed by atoms with Gasteiger partial charge in [0, 0.05) is 33.4 Å². The number of rotatable bonds is 1. The average molecular weight is 379 g/mol. The van der Waals surface area contributed by atoms with Crippen LogP contribution < -0.4 is 5.73 Å². The third-order valence-electron chi connectivity index (χ3n) is 5.38. The van der Waals surface area contributed by atoms with E-state index < -0.39 is 11.6 Å². The van der Waals surface area contributed by atoms with Gasteiger partial charge in [-0.3, -0.25) is 19.2 Å². The molecule has 0 bridgehead atoms. The Morgan fingerprint density at radius 3 is 1.52 bits per heavy atom. The fourth-order valence-corrected chi connectivity index (χ4v) is 4.02. The van der Waals surface area contributed by atoms with E-state index in [0.717, 1.165) is 0 Å². The molecule has 0 saturated heterocycles. The Labute approximate surface area is 165 Å². The van der Waals surface area contributed by atoms with Gasteiger partial charge in [-0.25, -0.2) is 0 Å². The van der Waals surface area contributed by atoms with E-state index in [1.807, 2.05) is 0 Å². The van der Waals surface area contributed by atoms with Crippen molar-refractivity contribution in [1.82, 2.24) is 0 Å². The molecule has 0 aromatic heterocycles. The van der Waals surface area contributed by atoms with Gasteiger partial charge < -0.3 is 5.73 Å². The Morgan fingerprint density at radius 1 is 0.448 bits per heavy atom. The first-order chi connectivity index (χ1) is 14.0. The summed E-state index contributed by atoms with van der Waals surface area (Å²) in [6, 6.07) is 17.7. The van der Waals surface area contributed by atoms with Crippen LogP contribution in [-0.4, -0.2) is 23.1 Å². The van der Waals surface area contributed by atoms with Gasteiger partial charge in [0.15, 0.2) is 17.3 Å². The van der Waals surface area contributed by atoms with Gasteiger partial charge in [-0.15, -0.1) is 0 Å².